The summed E-state index contributed by atoms with van der Waals surface area (Å²) in [5.41, 5.74) is 2.23. The van der Waals surface area contributed by atoms with E-state index in [2.05, 4.69) is 43.0 Å². The summed E-state index contributed by atoms with van der Waals surface area (Å²) in [6, 6.07) is 8.09. The lowest BCUT2D eigenvalue weighted by Gasteiger charge is -2.05. The summed E-state index contributed by atoms with van der Waals surface area (Å²) in [6.45, 7) is 0. The molecule has 4 heteroatoms. The molecule has 2 rings (SSSR count). The van der Waals surface area contributed by atoms with Gasteiger partial charge in [-0.25, -0.2) is 0 Å². The van der Waals surface area contributed by atoms with Crippen molar-refractivity contribution in [3.8, 4) is 11.3 Å². The minimum atomic E-state index is 1.07. The molecule has 0 unspecified atom stereocenters. The maximum absolute atomic E-state index is 4.14. The van der Waals surface area contributed by atoms with E-state index in [0.29, 0.717) is 0 Å². The maximum atomic E-state index is 4.14. The lowest BCUT2D eigenvalue weighted by Crippen LogP contribution is -1.93. The molecule has 0 fully saturated rings. The van der Waals surface area contributed by atoms with Gasteiger partial charge in [-0.3, -0.25) is 4.68 Å². The van der Waals surface area contributed by atoms with Gasteiger partial charge in [0.2, 0.25) is 0 Å². The van der Waals surface area contributed by atoms with E-state index in [1.807, 2.05) is 29.9 Å². The Hall–Kier alpha value is -0.610. The largest absolute Gasteiger partial charge is 0.268 e. The smallest absolute Gasteiger partial charge is 0.0690 e. The zero-order valence-corrected chi connectivity index (χ0v) is 10.7. The number of rotatable bonds is 1. The first-order valence-electron chi connectivity index (χ1n) is 4.12. The van der Waals surface area contributed by atoms with E-state index >= 15 is 0 Å². The number of aromatic nitrogens is 2. The van der Waals surface area contributed by atoms with Gasteiger partial charge in [-0.05, 0) is 24.3 Å². The average molecular weight is 316 g/mol. The van der Waals surface area contributed by atoms with Crippen LogP contribution in [0, 0.1) is 0 Å². The molecule has 2 aromatic rings. The first kappa shape index (κ1) is 9.93. The molecule has 0 amide bonds. The molecule has 0 aliphatic rings. The summed E-state index contributed by atoms with van der Waals surface area (Å²) < 4.78 is 3.99. The molecule has 0 bridgehead atoms. The van der Waals surface area contributed by atoms with Crippen LogP contribution < -0.4 is 0 Å². The molecule has 1 aromatic heterocycles. The number of benzene rings is 1. The third-order valence-corrected chi connectivity index (χ3v) is 3.21. The van der Waals surface area contributed by atoms with Gasteiger partial charge < -0.3 is 0 Å². The second-order valence-electron chi connectivity index (χ2n) is 2.96. The van der Waals surface area contributed by atoms with Crippen LogP contribution in [0.3, 0.4) is 0 Å². The molecule has 0 radical (unpaired) electrons. The first-order chi connectivity index (χ1) is 6.68. The van der Waals surface area contributed by atoms with Crippen molar-refractivity contribution in [2.24, 2.45) is 7.05 Å². The lowest BCUT2D eigenvalue weighted by molar-refractivity contribution is 0.775. The molecule has 2 nitrogen and oxygen atoms in total. The standard InChI is InChI=1S/C10H8Br2N2/c1-14-10(4-5-13-14)8-6-7(11)2-3-9(8)12/h2-6H,1H3. The summed E-state index contributed by atoms with van der Waals surface area (Å²) in [4.78, 5) is 0. The second-order valence-corrected chi connectivity index (χ2v) is 4.73. The van der Waals surface area contributed by atoms with Gasteiger partial charge in [0.1, 0.15) is 0 Å². The fourth-order valence-electron chi connectivity index (χ4n) is 1.33. The van der Waals surface area contributed by atoms with Crippen molar-refractivity contribution in [2.45, 2.75) is 0 Å². The number of hydrogen-bond acceptors (Lipinski definition) is 1. The Bertz CT molecular complexity index is 463. The summed E-state index contributed by atoms with van der Waals surface area (Å²) >= 11 is 6.98. The molecule has 1 heterocycles. The molecule has 1 aromatic carbocycles. The normalized spacial score (nSPS) is 10.5. The SMILES string of the molecule is Cn1nccc1-c1cc(Br)ccc1Br. The van der Waals surface area contributed by atoms with Gasteiger partial charge in [0, 0.05) is 27.8 Å². The molecular formula is C10H8Br2N2. The summed E-state index contributed by atoms with van der Waals surface area (Å²) in [7, 11) is 1.93. The van der Waals surface area contributed by atoms with Crippen molar-refractivity contribution in [2.75, 3.05) is 0 Å². The summed E-state index contributed by atoms with van der Waals surface area (Å²) in [5, 5.41) is 4.14. The van der Waals surface area contributed by atoms with Gasteiger partial charge in [0.25, 0.3) is 0 Å². The van der Waals surface area contributed by atoms with Crippen LogP contribution in [0.4, 0.5) is 0 Å². The molecule has 0 aliphatic carbocycles. The van der Waals surface area contributed by atoms with Crippen molar-refractivity contribution in [1.29, 1.82) is 0 Å². The van der Waals surface area contributed by atoms with Crippen molar-refractivity contribution < 1.29 is 0 Å². The topological polar surface area (TPSA) is 17.8 Å². The second kappa shape index (κ2) is 3.87. The average Bonchev–Trinajstić information content (AvgIpc) is 2.56. The Morgan fingerprint density at radius 3 is 2.64 bits per heavy atom. The minimum Gasteiger partial charge on any atom is -0.268 e. The Morgan fingerprint density at radius 2 is 2.00 bits per heavy atom. The van der Waals surface area contributed by atoms with Crippen LogP contribution in [-0.4, -0.2) is 9.78 Å². The van der Waals surface area contributed by atoms with Gasteiger partial charge in [-0.15, -0.1) is 0 Å². The van der Waals surface area contributed by atoms with E-state index in [4.69, 9.17) is 0 Å². The van der Waals surface area contributed by atoms with Gasteiger partial charge in [-0.2, -0.15) is 5.10 Å². The van der Waals surface area contributed by atoms with E-state index in [0.717, 1.165) is 20.2 Å². The summed E-state index contributed by atoms with van der Waals surface area (Å²) in [5.74, 6) is 0. The minimum absolute atomic E-state index is 1.07. The highest BCUT2D eigenvalue weighted by atomic mass is 79.9. The van der Waals surface area contributed by atoms with E-state index in [1.54, 1.807) is 6.20 Å². The fourth-order valence-corrected chi connectivity index (χ4v) is 2.14. The molecule has 0 N–H and O–H groups in total. The van der Waals surface area contributed by atoms with Crippen molar-refractivity contribution in [3.05, 3.63) is 39.4 Å². The quantitative estimate of drug-likeness (QED) is 0.786. The number of nitrogens with zero attached hydrogens (tertiary/aromatic N) is 2. The van der Waals surface area contributed by atoms with Gasteiger partial charge in [-0.1, -0.05) is 31.9 Å². The molecule has 14 heavy (non-hydrogen) atoms. The van der Waals surface area contributed by atoms with Crippen LogP contribution in [-0.2, 0) is 7.05 Å². The molecular weight excluding hydrogens is 308 g/mol. The summed E-state index contributed by atoms with van der Waals surface area (Å²) in [6.07, 6.45) is 1.79. The van der Waals surface area contributed by atoms with Gasteiger partial charge in [0.05, 0.1) is 5.69 Å². The maximum Gasteiger partial charge on any atom is 0.0690 e. The van der Waals surface area contributed by atoms with Crippen LogP contribution in [0.15, 0.2) is 39.4 Å². The van der Waals surface area contributed by atoms with E-state index in [9.17, 15) is 0 Å². The van der Waals surface area contributed by atoms with Crippen LogP contribution in [0.5, 0.6) is 0 Å². The highest BCUT2D eigenvalue weighted by Crippen LogP contribution is 2.30. The Morgan fingerprint density at radius 1 is 1.21 bits per heavy atom. The predicted octanol–water partition coefficient (Wildman–Crippen LogP) is 3.61. The van der Waals surface area contributed by atoms with E-state index in [1.165, 1.54) is 0 Å². The zero-order chi connectivity index (χ0) is 10.1. The Balaban J connectivity index is 2.62. The molecule has 0 saturated carbocycles. The van der Waals surface area contributed by atoms with Crippen molar-refractivity contribution >= 4 is 31.9 Å². The highest BCUT2D eigenvalue weighted by Gasteiger charge is 2.06. The van der Waals surface area contributed by atoms with Crippen molar-refractivity contribution in [1.82, 2.24) is 9.78 Å². The Kier molecular flexibility index (Phi) is 2.74. The first-order valence-corrected chi connectivity index (χ1v) is 5.70. The van der Waals surface area contributed by atoms with Crippen LogP contribution >= 0.6 is 31.9 Å². The number of halogens is 2. The molecule has 0 atom stereocenters. The number of aryl methyl sites for hydroxylation is 1. The lowest BCUT2D eigenvalue weighted by atomic mass is 10.1. The van der Waals surface area contributed by atoms with Crippen molar-refractivity contribution in [3.63, 3.8) is 0 Å². The van der Waals surface area contributed by atoms with Crippen LogP contribution in [0.1, 0.15) is 0 Å². The zero-order valence-electron chi connectivity index (χ0n) is 7.54. The number of hydrogen-bond donors (Lipinski definition) is 0. The van der Waals surface area contributed by atoms with E-state index in [-0.39, 0.29) is 0 Å². The Labute approximate surface area is 99.2 Å². The van der Waals surface area contributed by atoms with E-state index < -0.39 is 0 Å². The van der Waals surface area contributed by atoms with Gasteiger partial charge in [0.15, 0.2) is 0 Å². The molecule has 0 saturated heterocycles. The van der Waals surface area contributed by atoms with Gasteiger partial charge >= 0.3 is 0 Å². The molecule has 0 aliphatic heterocycles. The monoisotopic (exact) mass is 314 g/mol. The fraction of sp³-hybridized carbons (Fsp3) is 0.100. The predicted molar refractivity (Wildman–Crippen MR) is 64.0 cm³/mol. The van der Waals surface area contributed by atoms with Crippen LogP contribution in [0.2, 0.25) is 0 Å². The molecule has 72 valence electrons. The third kappa shape index (κ3) is 1.77. The van der Waals surface area contributed by atoms with Crippen LogP contribution in [0.25, 0.3) is 11.3 Å². The third-order valence-electron chi connectivity index (χ3n) is 2.03. The highest BCUT2D eigenvalue weighted by molar-refractivity contribution is 9.11. The molecule has 0 spiro atoms.